The van der Waals surface area contributed by atoms with Gasteiger partial charge in [0, 0.05) is 28.4 Å². The Hall–Kier alpha value is -2.30. The highest BCUT2D eigenvalue weighted by Gasteiger charge is 2.45. The third-order valence-corrected chi connectivity index (χ3v) is 7.11. The van der Waals surface area contributed by atoms with Crippen LogP contribution in [0, 0.1) is 0 Å². The zero-order chi connectivity index (χ0) is 18.1. The van der Waals surface area contributed by atoms with Crippen LogP contribution in [0.1, 0.15) is 37.5 Å². The van der Waals surface area contributed by atoms with Crippen molar-refractivity contribution in [3.63, 3.8) is 0 Å². The molecule has 26 heavy (non-hydrogen) atoms. The second-order valence-corrected chi connectivity index (χ2v) is 8.83. The van der Waals surface area contributed by atoms with Crippen molar-refractivity contribution in [1.82, 2.24) is 4.98 Å². The quantitative estimate of drug-likeness (QED) is 0.558. The SMILES string of the molecule is CCc1ccc2c(c1)N1c3ncccc3C(C)(C)c3cccc(c31)[S+]2[O-]. The summed E-state index contributed by atoms with van der Waals surface area (Å²) in [4.78, 5) is 8.71. The molecule has 0 aliphatic carbocycles. The van der Waals surface area contributed by atoms with E-state index in [-0.39, 0.29) is 5.41 Å². The minimum atomic E-state index is -1.18. The molecule has 3 nitrogen and oxygen atoms in total. The average Bonchev–Trinajstić information content (AvgIpc) is 2.67. The first-order valence-electron chi connectivity index (χ1n) is 8.98. The number of hydrogen-bond donors (Lipinski definition) is 0. The van der Waals surface area contributed by atoms with Gasteiger partial charge in [0.05, 0.1) is 0 Å². The summed E-state index contributed by atoms with van der Waals surface area (Å²) in [7, 11) is 0. The van der Waals surface area contributed by atoms with E-state index in [1.165, 1.54) is 16.7 Å². The molecule has 0 radical (unpaired) electrons. The van der Waals surface area contributed by atoms with Gasteiger partial charge in [-0.2, -0.15) is 0 Å². The van der Waals surface area contributed by atoms with Crippen molar-refractivity contribution in [3.05, 3.63) is 71.4 Å². The van der Waals surface area contributed by atoms with E-state index in [1.54, 1.807) is 0 Å². The van der Waals surface area contributed by atoms with Crippen molar-refractivity contribution >= 4 is 28.4 Å². The largest absolute Gasteiger partial charge is 0.606 e. The number of aryl methyl sites for hydroxylation is 1. The first-order valence-corrected chi connectivity index (χ1v) is 10.1. The van der Waals surface area contributed by atoms with Gasteiger partial charge in [-0.15, -0.1) is 0 Å². The summed E-state index contributed by atoms with van der Waals surface area (Å²) in [6, 6.07) is 16.6. The molecule has 1 unspecified atom stereocenters. The molecule has 2 aliphatic heterocycles. The molecule has 0 fully saturated rings. The van der Waals surface area contributed by atoms with Gasteiger partial charge >= 0.3 is 0 Å². The molecule has 2 aromatic carbocycles. The van der Waals surface area contributed by atoms with Crippen LogP contribution in [0.5, 0.6) is 0 Å². The molecule has 0 bridgehead atoms. The lowest BCUT2D eigenvalue weighted by atomic mass is 9.74. The van der Waals surface area contributed by atoms with Crippen molar-refractivity contribution in [2.24, 2.45) is 0 Å². The van der Waals surface area contributed by atoms with E-state index in [9.17, 15) is 4.55 Å². The summed E-state index contributed by atoms with van der Waals surface area (Å²) in [6.07, 6.45) is 2.79. The molecule has 2 aliphatic rings. The Balaban J connectivity index is 1.91. The number of fused-ring (bicyclic) bond motifs is 4. The molecule has 4 heteroatoms. The third-order valence-electron chi connectivity index (χ3n) is 5.64. The van der Waals surface area contributed by atoms with Gasteiger partial charge in [0.2, 0.25) is 0 Å². The van der Waals surface area contributed by atoms with Gasteiger partial charge in [-0.1, -0.05) is 45.0 Å². The van der Waals surface area contributed by atoms with E-state index >= 15 is 0 Å². The summed E-state index contributed by atoms with van der Waals surface area (Å²) in [5, 5.41) is 0. The van der Waals surface area contributed by atoms with Gasteiger partial charge < -0.3 is 4.55 Å². The maximum Gasteiger partial charge on any atom is 0.182 e. The molecule has 130 valence electrons. The summed E-state index contributed by atoms with van der Waals surface area (Å²) in [5.74, 6) is 0.948. The second-order valence-electron chi connectivity index (χ2n) is 7.41. The van der Waals surface area contributed by atoms with Crippen molar-refractivity contribution in [1.29, 1.82) is 0 Å². The van der Waals surface area contributed by atoms with E-state index < -0.39 is 11.2 Å². The lowest BCUT2D eigenvalue weighted by Crippen LogP contribution is -2.35. The maximum absolute atomic E-state index is 13.3. The van der Waals surface area contributed by atoms with E-state index in [1.807, 2.05) is 30.5 Å². The first kappa shape index (κ1) is 15.9. The number of hydrogen-bond acceptors (Lipinski definition) is 3. The van der Waals surface area contributed by atoms with Gasteiger partial charge in [-0.25, -0.2) is 4.98 Å². The van der Waals surface area contributed by atoms with E-state index in [0.29, 0.717) is 0 Å². The van der Waals surface area contributed by atoms with E-state index in [2.05, 4.69) is 49.9 Å². The molecular weight excluding hydrogens is 340 g/mol. The first-order chi connectivity index (χ1) is 12.5. The fourth-order valence-corrected chi connectivity index (χ4v) is 5.54. The molecule has 0 saturated carbocycles. The van der Waals surface area contributed by atoms with Gasteiger partial charge in [0.1, 0.15) is 17.2 Å². The summed E-state index contributed by atoms with van der Waals surface area (Å²) >= 11 is -1.18. The topological polar surface area (TPSA) is 39.2 Å². The van der Waals surface area contributed by atoms with Gasteiger partial charge in [-0.05, 0) is 41.8 Å². The lowest BCUT2D eigenvalue weighted by molar-refractivity contribution is 0.588. The standard InChI is InChI=1S/C22H20N2OS/c1-4-14-10-11-18-17(13-14)24-20-15(7-5-9-19(20)26(18)25)22(2,3)16-8-6-12-23-21(16)24/h5-13H,4H2,1-3H3. The van der Waals surface area contributed by atoms with Crippen LogP contribution < -0.4 is 4.90 Å². The maximum atomic E-state index is 13.3. The smallest absolute Gasteiger partial charge is 0.182 e. The van der Waals surface area contributed by atoms with Crippen LogP contribution in [0.4, 0.5) is 17.2 Å². The Morgan fingerprint density at radius 1 is 1.04 bits per heavy atom. The van der Waals surface area contributed by atoms with Crippen molar-refractivity contribution in [2.45, 2.75) is 42.4 Å². The average molecular weight is 360 g/mol. The molecule has 5 rings (SSSR count). The van der Waals surface area contributed by atoms with Crippen molar-refractivity contribution in [3.8, 4) is 0 Å². The van der Waals surface area contributed by atoms with Crippen LogP contribution >= 0.6 is 0 Å². The Morgan fingerprint density at radius 2 is 1.85 bits per heavy atom. The van der Waals surface area contributed by atoms with E-state index in [0.717, 1.165) is 33.4 Å². The fourth-order valence-electron chi connectivity index (χ4n) is 4.19. The minimum absolute atomic E-state index is 0.185. The molecule has 0 saturated heterocycles. The molecule has 3 aromatic rings. The highest BCUT2D eigenvalue weighted by Crippen LogP contribution is 2.57. The number of aromatic nitrogens is 1. The van der Waals surface area contributed by atoms with Gasteiger partial charge in [0.15, 0.2) is 9.79 Å². The van der Waals surface area contributed by atoms with Gasteiger partial charge in [-0.3, -0.25) is 4.90 Å². The number of pyridine rings is 1. The Labute approximate surface area is 156 Å². The lowest BCUT2D eigenvalue weighted by Gasteiger charge is -2.43. The normalized spacial score (nSPS) is 18.8. The highest BCUT2D eigenvalue weighted by atomic mass is 32.2. The molecule has 1 atom stereocenters. The zero-order valence-corrected chi connectivity index (χ0v) is 15.9. The number of para-hydroxylation sites is 1. The van der Waals surface area contributed by atoms with Crippen LogP contribution in [0.2, 0.25) is 0 Å². The van der Waals surface area contributed by atoms with Crippen molar-refractivity contribution < 1.29 is 4.55 Å². The Morgan fingerprint density at radius 3 is 2.65 bits per heavy atom. The molecule has 0 spiro atoms. The van der Waals surface area contributed by atoms with Crippen LogP contribution in [0.3, 0.4) is 0 Å². The van der Waals surface area contributed by atoms with Crippen LogP contribution in [-0.2, 0) is 23.0 Å². The monoisotopic (exact) mass is 360 g/mol. The number of anilines is 3. The third kappa shape index (κ3) is 1.91. The predicted octanol–water partition coefficient (Wildman–Crippen LogP) is 5.23. The Bertz CT molecular complexity index is 1040. The summed E-state index contributed by atoms with van der Waals surface area (Å²) in [6.45, 7) is 6.59. The van der Waals surface area contributed by atoms with Crippen LogP contribution in [0.25, 0.3) is 0 Å². The van der Waals surface area contributed by atoms with Crippen molar-refractivity contribution in [2.75, 3.05) is 4.90 Å². The van der Waals surface area contributed by atoms with Gasteiger partial charge in [0.25, 0.3) is 0 Å². The number of nitrogens with zero attached hydrogens (tertiary/aromatic N) is 2. The molecule has 1 aromatic heterocycles. The molecule has 0 N–H and O–H groups in total. The van der Waals surface area contributed by atoms with Crippen LogP contribution in [0.15, 0.2) is 64.5 Å². The number of rotatable bonds is 1. The number of benzene rings is 2. The fraction of sp³-hybridized carbons (Fsp3) is 0.227. The summed E-state index contributed by atoms with van der Waals surface area (Å²) in [5.41, 5.74) is 5.50. The zero-order valence-electron chi connectivity index (χ0n) is 15.1. The second kappa shape index (κ2) is 5.35. The molecule has 0 amide bonds. The highest BCUT2D eigenvalue weighted by molar-refractivity contribution is 7.92. The predicted molar refractivity (Wildman–Crippen MR) is 105 cm³/mol. The Kier molecular flexibility index (Phi) is 3.27. The van der Waals surface area contributed by atoms with Crippen LogP contribution in [-0.4, -0.2) is 9.54 Å². The molecular formula is C22H20N2OS. The van der Waals surface area contributed by atoms with E-state index in [4.69, 9.17) is 4.98 Å². The minimum Gasteiger partial charge on any atom is -0.606 e. The summed E-state index contributed by atoms with van der Waals surface area (Å²) < 4.78 is 13.3. The molecule has 3 heterocycles.